The maximum absolute atomic E-state index is 5.64. The number of rotatable bonds is 3. The standard InChI is InChI=1S/C11H16O/c1-3-10(9-5-6-9)11-7-4-8(2)12-11/h4,7,9-10H,3,5-6H2,1-2H3/t10-/m1/s1. The maximum Gasteiger partial charge on any atom is 0.107 e. The lowest BCUT2D eigenvalue weighted by atomic mass is 9.98. The highest BCUT2D eigenvalue weighted by Gasteiger charge is 2.32. The number of aryl methyl sites for hydroxylation is 1. The van der Waals surface area contributed by atoms with Gasteiger partial charge in [-0.1, -0.05) is 6.92 Å². The first kappa shape index (κ1) is 7.90. The van der Waals surface area contributed by atoms with Crippen molar-refractivity contribution in [3.05, 3.63) is 23.7 Å². The molecule has 1 heterocycles. The summed E-state index contributed by atoms with van der Waals surface area (Å²) in [4.78, 5) is 0. The van der Waals surface area contributed by atoms with Gasteiger partial charge in [0.05, 0.1) is 0 Å². The first-order valence-corrected chi connectivity index (χ1v) is 4.87. The van der Waals surface area contributed by atoms with Crippen molar-refractivity contribution < 1.29 is 4.42 Å². The summed E-state index contributed by atoms with van der Waals surface area (Å²) in [6.07, 6.45) is 4.02. The third-order valence-corrected chi connectivity index (χ3v) is 2.76. The van der Waals surface area contributed by atoms with E-state index < -0.39 is 0 Å². The highest BCUT2D eigenvalue weighted by atomic mass is 16.3. The summed E-state index contributed by atoms with van der Waals surface area (Å²) in [5.41, 5.74) is 0. The molecule has 0 radical (unpaired) electrons. The van der Waals surface area contributed by atoms with E-state index in [1.807, 2.05) is 6.92 Å². The monoisotopic (exact) mass is 164 g/mol. The molecule has 1 aromatic rings. The Bertz CT molecular complexity index is 258. The Labute approximate surface area is 73.8 Å². The molecular formula is C11H16O. The predicted octanol–water partition coefficient (Wildman–Crippen LogP) is 3.49. The molecule has 12 heavy (non-hydrogen) atoms. The molecule has 1 fully saturated rings. The molecule has 1 atom stereocenters. The lowest BCUT2D eigenvalue weighted by Gasteiger charge is -2.09. The summed E-state index contributed by atoms with van der Waals surface area (Å²) >= 11 is 0. The minimum Gasteiger partial charge on any atom is -0.466 e. The summed E-state index contributed by atoms with van der Waals surface area (Å²) in [5.74, 6) is 3.86. The first-order chi connectivity index (χ1) is 5.81. The van der Waals surface area contributed by atoms with E-state index in [0.29, 0.717) is 5.92 Å². The number of hydrogen-bond donors (Lipinski definition) is 0. The van der Waals surface area contributed by atoms with Gasteiger partial charge < -0.3 is 4.42 Å². The quantitative estimate of drug-likeness (QED) is 0.666. The zero-order valence-corrected chi connectivity index (χ0v) is 7.84. The fourth-order valence-corrected chi connectivity index (χ4v) is 1.92. The molecule has 1 nitrogen and oxygen atoms in total. The molecule has 0 saturated heterocycles. The molecule has 0 amide bonds. The maximum atomic E-state index is 5.64. The summed E-state index contributed by atoms with van der Waals surface area (Å²) < 4.78 is 5.64. The van der Waals surface area contributed by atoms with Gasteiger partial charge in [-0.05, 0) is 44.2 Å². The molecule has 1 aromatic heterocycles. The van der Waals surface area contributed by atoms with Crippen LogP contribution in [0.3, 0.4) is 0 Å². The number of furan rings is 1. The molecule has 0 aromatic carbocycles. The molecule has 2 rings (SSSR count). The smallest absolute Gasteiger partial charge is 0.107 e. The summed E-state index contributed by atoms with van der Waals surface area (Å²) in [6.45, 7) is 4.27. The largest absolute Gasteiger partial charge is 0.466 e. The van der Waals surface area contributed by atoms with E-state index in [-0.39, 0.29) is 0 Å². The number of hydrogen-bond acceptors (Lipinski definition) is 1. The van der Waals surface area contributed by atoms with Crippen molar-refractivity contribution in [1.82, 2.24) is 0 Å². The van der Waals surface area contributed by atoms with Crippen LogP contribution in [0, 0.1) is 12.8 Å². The van der Waals surface area contributed by atoms with Crippen LogP contribution in [0.1, 0.15) is 43.6 Å². The molecule has 0 spiro atoms. The zero-order valence-electron chi connectivity index (χ0n) is 7.84. The van der Waals surface area contributed by atoms with Crippen LogP contribution in [0.5, 0.6) is 0 Å². The predicted molar refractivity (Wildman–Crippen MR) is 49.2 cm³/mol. The van der Waals surface area contributed by atoms with Crippen LogP contribution in [0.25, 0.3) is 0 Å². The second-order valence-corrected chi connectivity index (χ2v) is 3.80. The van der Waals surface area contributed by atoms with E-state index in [1.165, 1.54) is 25.0 Å². The van der Waals surface area contributed by atoms with Gasteiger partial charge in [-0.2, -0.15) is 0 Å². The fourth-order valence-electron chi connectivity index (χ4n) is 1.92. The molecule has 0 N–H and O–H groups in total. The van der Waals surface area contributed by atoms with Crippen LogP contribution in [0.2, 0.25) is 0 Å². The Balaban J connectivity index is 2.15. The van der Waals surface area contributed by atoms with E-state index in [4.69, 9.17) is 4.42 Å². The molecule has 1 aliphatic rings. The average molecular weight is 164 g/mol. The Morgan fingerprint density at radius 3 is 2.67 bits per heavy atom. The van der Waals surface area contributed by atoms with E-state index in [1.54, 1.807) is 0 Å². The van der Waals surface area contributed by atoms with E-state index in [9.17, 15) is 0 Å². The van der Waals surface area contributed by atoms with E-state index in [2.05, 4.69) is 19.1 Å². The van der Waals surface area contributed by atoms with Gasteiger partial charge in [0.2, 0.25) is 0 Å². The van der Waals surface area contributed by atoms with Gasteiger partial charge in [0.15, 0.2) is 0 Å². The van der Waals surface area contributed by atoms with Crippen molar-refractivity contribution >= 4 is 0 Å². The van der Waals surface area contributed by atoms with E-state index >= 15 is 0 Å². The molecular weight excluding hydrogens is 148 g/mol. The van der Waals surface area contributed by atoms with Crippen LogP contribution in [-0.2, 0) is 0 Å². The van der Waals surface area contributed by atoms with E-state index in [0.717, 1.165) is 11.7 Å². The van der Waals surface area contributed by atoms with Crippen molar-refractivity contribution in [2.45, 2.75) is 39.0 Å². The van der Waals surface area contributed by atoms with Crippen LogP contribution < -0.4 is 0 Å². The van der Waals surface area contributed by atoms with Crippen molar-refractivity contribution in [3.63, 3.8) is 0 Å². The van der Waals surface area contributed by atoms with Crippen molar-refractivity contribution in [2.24, 2.45) is 5.92 Å². The van der Waals surface area contributed by atoms with Gasteiger partial charge in [0.1, 0.15) is 11.5 Å². The minimum atomic E-state index is 0.693. The highest BCUT2D eigenvalue weighted by Crippen LogP contribution is 2.44. The normalized spacial score (nSPS) is 19.5. The SMILES string of the molecule is CC[C@@H](c1ccc(C)o1)C1CC1. The van der Waals surface area contributed by atoms with Crippen LogP contribution >= 0.6 is 0 Å². The summed E-state index contributed by atoms with van der Waals surface area (Å²) in [6, 6.07) is 4.21. The van der Waals surface area contributed by atoms with Crippen LogP contribution in [0.15, 0.2) is 16.5 Å². The third-order valence-electron chi connectivity index (χ3n) is 2.76. The Kier molecular flexibility index (Phi) is 1.95. The topological polar surface area (TPSA) is 13.1 Å². The molecule has 0 aliphatic heterocycles. The van der Waals surface area contributed by atoms with Gasteiger partial charge in [-0.15, -0.1) is 0 Å². The first-order valence-electron chi connectivity index (χ1n) is 4.87. The Morgan fingerprint density at radius 2 is 2.25 bits per heavy atom. The second-order valence-electron chi connectivity index (χ2n) is 3.80. The molecule has 1 aliphatic carbocycles. The van der Waals surface area contributed by atoms with Crippen molar-refractivity contribution in [2.75, 3.05) is 0 Å². The lowest BCUT2D eigenvalue weighted by Crippen LogP contribution is -1.97. The molecule has 1 saturated carbocycles. The Hall–Kier alpha value is -0.720. The van der Waals surface area contributed by atoms with Crippen LogP contribution in [-0.4, -0.2) is 0 Å². The van der Waals surface area contributed by atoms with Gasteiger partial charge >= 0.3 is 0 Å². The Morgan fingerprint density at radius 1 is 1.50 bits per heavy atom. The third kappa shape index (κ3) is 1.40. The van der Waals surface area contributed by atoms with Crippen LogP contribution in [0.4, 0.5) is 0 Å². The molecule has 0 unspecified atom stereocenters. The van der Waals surface area contributed by atoms with Gasteiger partial charge in [-0.25, -0.2) is 0 Å². The zero-order chi connectivity index (χ0) is 8.55. The van der Waals surface area contributed by atoms with Gasteiger partial charge in [0, 0.05) is 5.92 Å². The van der Waals surface area contributed by atoms with Crippen molar-refractivity contribution in [3.8, 4) is 0 Å². The summed E-state index contributed by atoms with van der Waals surface area (Å²) in [5, 5.41) is 0. The highest BCUT2D eigenvalue weighted by molar-refractivity contribution is 5.13. The summed E-state index contributed by atoms with van der Waals surface area (Å²) in [7, 11) is 0. The van der Waals surface area contributed by atoms with Gasteiger partial charge in [0.25, 0.3) is 0 Å². The molecule has 0 bridgehead atoms. The minimum absolute atomic E-state index is 0.693. The van der Waals surface area contributed by atoms with Gasteiger partial charge in [-0.3, -0.25) is 0 Å². The van der Waals surface area contributed by atoms with Crippen molar-refractivity contribution in [1.29, 1.82) is 0 Å². The lowest BCUT2D eigenvalue weighted by molar-refractivity contribution is 0.413. The fraction of sp³-hybridized carbons (Fsp3) is 0.636. The second kappa shape index (κ2) is 2.96. The average Bonchev–Trinajstić information content (AvgIpc) is 2.78. The molecule has 66 valence electrons. The molecule has 1 heteroatoms.